The molecule has 1 atom stereocenters. The van der Waals surface area contributed by atoms with Crippen LogP contribution in [0.4, 0.5) is 0 Å². The average Bonchev–Trinajstić information content (AvgIpc) is 2.74. The molecule has 2 rings (SSSR count). The molecule has 16 heavy (non-hydrogen) atoms. The van der Waals surface area contributed by atoms with Gasteiger partial charge in [0.1, 0.15) is 5.76 Å². The maximum Gasteiger partial charge on any atom is 0.135 e. The minimum Gasteiger partial charge on any atom is -0.466 e. The predicted molar refractivity (Wildman–Crippen MR) is 68.4 cm³/mol. The molecule has 0 amide bonds. The molecule has 0 saturated heterocycles. The maximum atomic E-state index is 5.48. The van der Waals surface area contributed by atoms with Gasteiger partial charge in [-0.15, -0.1) is 0 Å². The summed E-state index contributed by atoms with van der Waals surface area (Å²) in [6.07, 6.45) is 2.62. The van der Waals surface area contributed by atoms with Crippen molar-refractivity contribution in [3.63, 3.8) is 0 Å². The maximum absolute atomic E-state index is 5.48. The second kappa shape index (κ2) is 5.32. The number of halogens is 1. The van der Waals surface area contributed by atoms with Crippen LogP contribution in [0.3, 0.4) is 0 Å². The monoisotopic (exact) mass is 279 g/mol. The van der Waals surface area contributed by atoms with Crippen molar-refractivity contribution >= 4 is 15.9 Å². The molecular weight excluding hydrogens is 266 g/mol. The number of likely N-dealkylation sites (N-methyl/N-ethyl adjacent to an activating group) is 1. The lowest BCUT2D eigenvalue weighted by Gasteiger charge is -2.14. The first-order valence-corrected chi connectivity index (χ1v) is 6.04. The van der Waals surface area contributed by atoms with E-state index in [-0.39, 0.29) is 6.04 Å². The minimum atomic E-state index is 0.201. The zero-order chi connectivity index (χ0) is 11.4. The molecule has 0 bridgehead atoms. The SMILES string of the molecule is CNC(Cc1ccccc1)c1occc1Br. The highest BCUT2D eigenvalue weighted by Gasteiger charge is 2.16. The van der Waals surface area contributed by atoms with Gasteiger partial charge in [-0.2, -0.15) is 0 Å². The van der Waals surface area contributed by atoms with Crippen molar-refractivity contribution < 1.29 is 4.42 Å². The van der Waals surface area contributed by atoms with Crippen LogP contribution in [0.5, 0.6) is 0 Å². The lowest BCUT2D eigenvalue weighted by molar-refractivity contribution is 0.427. The van der Waals surface area contributed by atoms with Gasteiger partial charge in [0, 0.05) is 0 Å². The third kappa shape index (κ3) is 2.54. The molecule has 0 spiro atoms. The van der Waals surface area contributed by atoms with Gasteiger partial charge in [0.15, 0.2) is 0 Å². The number of rotatable bonds is 4. The second-order valence-corrected chi connectivity index (χ2v) is 4.52. The van der Waals surface area contributed by atoms with Gasteiger partial charge in [-0.25, -0.2) is 0 Å². The van der Waals surface area contributed by atoms with Gasteiger partial charge in [-0.05, 0) is 41.0 Å². The summed E-state index contributed by atoms with van der Waals surface area (Å²) in [7, 11) is 1.95. The van der Waals surface area contributed by atoms with Crippen molar-refractivity contribution in [1.82, 2.24) is 5.32 Å². The topological polar surface area (TPSA) is 25.2 Å². The Hall–Kier alpha value is -1.06. The molecule has 0 radical (unpaired) electrons. The fourth-order valence-corrected chi connectivity index (χ4v) is 2.21. The number of nitrogens with one attached hydrogen (secondary N) is 1. The standard InChI is InChI=1S/C13H14BrNO/c1-15-12(13-11(14)7-8-16-13)9-10-5-3-2-4-6-10/h2-8,12,15H,9H2,1H3. The zero-order valence-corrected chi connectivity index (χ0v) is 10.7. The first kappa shape index (κ1) is 11.4. The van der Waals surface area contributed by atoms with E-state index >= 15 is 0 Å². The van der Waals surface area contributed by atoms with Crippen LogP contribution in [-0.4, -0.2) is 7.05 Å². The number of hydrogen-bond acceptors (Lipinski definition) is 2. The quantitative estimate of drug-likeness (QED) is 0.926. The molecule has 0 aliphatic carbocycles. The van der Waals surface area contributed by atoms with Crippen LogP contribution < -0.4 is 5.32 Å². The van der Waals surface area contributed by atoms with E-state index in [4.69, 9.17) is 4.42 Å². The Kier molecular flexibility index (Phi) is 3.80. The van der Waals surface area contributed by atoms with Gasteiger partial charge in [0.25, 0.3) is 0 Å². The van der Waals surface area contributed by atoms with Crippen LogP contribution in [0, 0.1) is 0 Å². The highest BCUT2D eigenvalue weighted by atomic mass is 79.9. The van der Waals surface area contributed by atoms with E-state index in [1.165, 1.54) is 5.56 Å². The van der Waals surface area contributed by atoms with Gasteiger partial charge in [0.2, 0.25) is 0 Å². The second-order valence-electron chi connectivity index (χ2n) is 3.66. The molecule has 3 heteroatoms. The van der Waals surface area contributed by atoms with Crippen LogP contribution in [0.25, 0.3) is 0 Å². The molecule has 2 aromatic rings. The van der Waals surface area contributed by atoms with Gasteiger partial charge >= 0.3 is 0 Å². The fourth-order valence-electron chi connectivity index (χ4n) is 1.73. The van der Waals surface area contributed by atoms with E-state index in [9.17, 15) is 0 Å². The predicted octanol–water partition coefficient (Wildman–Crippen LogP) is 3.55. The summed E-state index contributed by atoms with van der Waals surface area (Å²) in [4.78, 5) is 0. The summed E-state index contributed by atoms with van der Waals surface area (Å²) in [5, 5.41) is 3.27. The van der Waals surface area contributed by atoms with Crippen LogP contribution in [-0.2, 0) is 6.42 Å². The number of hydrogen-bond donors (Lipinski definition) is 1. The largest absolute Gasteiger partial charge is 0.466 e. The smallest absolute Gasteiger partial charge is 0.135 e. The molecule has 0 aliphatic heterocycles. The third-order valence-corrected chi connectivity index (χ3v) is 3.25. The van der Waals surface area contributed by atoms with E-state index in [0.29, 0.717) is 0 Å². The van der Waals surface area contributed by atoms with Crippen molar-refractivity contribution in [3.8, 4) is 0 Å². The zero-order valence-electron chi connectivity index (χ0n) is 9.11. The Labute approximate surface area is 104 Å². The first-order valence-electron chi connectivity index (χ1n) is 5.25. The third-order valence-electron chi connectivity index (χ3n) is 2.59. The van der Waals surface area contributed by atoms with E-state index in [1.807, 2.05) is 19.2 Å². The van der Waals surface area contributed by atoms with Gasteiger partial charge in [-0.3, -0.25) is 0 Å². The van der Waals surface area contributed by atoms with Crippen molar-refractivity contribution in [2.24, 2.45) is 0 Å². The summed E-state index contributed by atoms with van der Waals surface area (Å²) in [6, 6.07) is 12.5. The molecule has 0 aliphatic rings. The van der Waals surface area contributed by atoms with Crippen molar-refractivity contribution in [3.05, 3.63) is 58.5 Å². The van der Waals surface area contributed by atoms with E-state index < -0.39 is 0 Å². The average molecular weight is 280 g/mol. The normalized spacial score (nSPS) is 12.6. The minimum absolute atomic E-state index is 0.201. The summed E-state index contributed by atoms with van der Waals surface area (Å²) >= 11 is 3.49. The molecule has 1 N–H and O–H groups in total. The lowest BCUT2D eigenvalue weighted by Crippen LogP contribution is -2.18. The Morgan fingerprint density at radius 1 is 1.25 bits per heavy atom. The molecule has 0 saturated carbocycles. The van der Waals surface area contributed by atoms with E-state index in [1.54, 1.807) is 6.26 Å². The first-order chi connectivity index (χ1) is 7.81. The van der Waals surface area contributed by atoms with Crippen LogP contribution in [0.15, 0.2) is 51.6 Å². The Bertz CT molecular complexity index is 438. The van der Waals surface area contributed by atoms with Crippen molar-refractivity contribution in [2.75, 3.05) is 7.05 Å². The molecule has 1 aromatic heterocycles. The van der Waals surface area contributed by atoms with Crippen molar-refractivity contribution in [1.29, 1.82) is 0 Å². The molecule has 0 fully saturated rings. The van der Waals surface area contributed by atoms with E-state index in [2.05, 4.69) is 45.5 Å². The van der Waals surface area contributed by atoms with Crippen LogP contribution in [0.1, 0.15) is 17.4 Å². The summed E-state index contributed by atoms with van der Waals surface area (Å²) in [6.45, 7) is 0. The Morgan fingerprint density at radius 3 is 2.56 bits per heavy atom. The molecular formula is C13H14BrNO. The van der Waals surface area contributed by atoms with Crippen LogP contribution >= 0.6 is 15.9 Å². The summed E-state index contributed by atoms with van der Waals surface area (Å²) in [5.41, 5.74) is 1.30. The van der Waals surface area contributed by atoms with Crippen LogP contribution in [0.2, 0.25) is 0 Å². The Balaban J connectivity index is 2.16. The highest BCUT2D eigenvalue weighted by Crippen LogP contribution is 2.26. The van der Waals surface area contributed by atoms with Gasteiger partial charge < -0.3 is 9.73 Å². The molecule has 1 aromatic carbocycles. The molecule has 84 valence electrons. The molecule has 2 nitrogen and oxygen atoms in total. The number of benzene rings is 1. The highest BCUT2D eigenvalue weighted by molar-refractivity contribution is 9.10. The van der Waals surface area contributed by atoms with Crippen molar-refractivity contribution in [2.45, 2.75) is 12.5 Å². The van der Waals surface area contributed by atoms with E-state index in [0.717, 1.165) is 16.7 Å². The molecule has 1 heterocycles. The van der Waals surface area contributed by atoms with Gasteiger partial charge in [0.05, 0.1) is 16.8 Å². The Morgan fingerprint density at radius 2 is 2.00 bits per heavy atom. The van der Waals surface area contributed by atoms with Gasteiger partial charge in [-0.1, -0.05) is 30.3 Å². The lowest BCUT2D eigenvalue weighted by atomic mass is 10.0. The summed E-state index contributed by atoms with van der Waals surface area (Å²) < 4.78 is 6.50. The number of furan rings is 1. The molecule has 1 unspecified atom stereocenters. The fraction of sp³-hybridized carbons (Fsp3) is 0.231. The summed E-state index contributed by atoms with van der Waals surface area (Å²) in [5.74, 6) is 0.950.